The van der Waals surface area contributed by atoms with Crippen LogP contribution in [0.3, 0.4) is 0 Å². The zero-order valence-corrected chi connectivity index (χ0v) is 5.77. The van der Waals surface area contributed by atoms with Crippen LogP contribution in [0.2, 0.25) is 0 Å². The maximum Gasteiger partial charge on any atom is 2.00 e. The van der Waals surface area contributed by atoms with Gasteiger partial charge in [0.1, 0.15) is 0 Å². The van der Waals surface area contributed by atoms with E-state index in [0.717, 1.165) is 0 Å². The first-order valence-corrected chi connectivity index (χ1v) is 1.45. The molecular weight excluding hydrogens is 182 g/mol. The second-order valence-corrected chi connectivity index (χ2v) is 0.447. The summed E-state index contributed by atoms with van der Waals surface area (Å²) in [6.07, 6.45) is 0. The Morgan fingerprint density at radius 2 is 1.00 bits per heavy atom. The molecule has 0 saturated heterocycles. The maximum absolute atomic E-state index is 7.32. The summed E-state index contributed by atoms with van der Waals surface area (Å²) in [6, 6.07) is 3.50. The van der Waals surface area contributed by atoms with Crippen LogP contribution in [0.15, 0.2) is 0 Å². The SMILES string of the molecule is CC#N.CC#N.[Pd+2]. The van der Waals surface area contributed by atoms with Crippen molar-refractivity contribution in [1.82, 2.24) is 0 Å². The fourth-order valence-electron chi connectivity index (χ4n) is 0. The molecule has 0 rings (SSSR count). The predicted molar refractivity (Wildman–Crippen MR) is 22.6 cm³/mol. The van der Waals surface area contributed by atoms with E-state index in [0.29, 0.717) is 0 Å². The molecule has 2 nitrogen and oxygen atoms in total. The summed E-state index contributed by atoms with van der Waals surface area (Å²) < 4.78 is 0. The average Bonchev–Trinajstić information content (AvgIpc) is 1.39. The second kappa shape index (κ2) is 45.1. The number of nitrogens with zero attached hydrogens (tertiary/aromatic N) is 2. The fraction of sp³-hybridized carbons (Fsp3) is 0.500. The summed E-state index contributed by atoms with van der Waals surface area (Å²) in [5.41, 5.74) is 0. The zero-order chi connectivity index (χ0) is 5.41. The Morgan fingerprint density at radius 3 is 1.00 bits per heavy atom. The van der Waals surface area contributed by atoms with E-state index < -0.39 is 0 Å². The van der Waals surface area contributed by atoms with E-state index in [1.165, 1.54) is 13.8 Å². The molecule has 0 aromatic heterocycles. The maximum atomic E-state index is 7.32. The Bertz CT molecular complexity index is 64.7. The molecule has 0 aromatic carbocycles. The van der Waals surface area contributed by atoms with Crippen molar-refractivity contribution in [2.75, 3.05) is 0 Å². The van der Waals surface area contributed by atoms with Crippen molar-refractivity contribution >= 4 is 0 Å². The van der Waals surface area contributed by atoms with E-state index in [2.05, 4.69) is 0 Å². The van der Waals surface area contributed by atoms with Crippen molar-refractivity contribution < 1.29 is 20.4 Å². The van der Waals surface area contributed by atoms with E-state index in [4.69, 9.17) is 10.5 Å². The van der Waals surface area contributed by atoms with Crippen LogP contribution < -0.4 is 0 Å². The first-order chi connectivity index (χ1) is 2.83. The topological polar surface area (TPSA) is 47.6 Å². The van der Waals surface area contributed by atoms with Crippen molar-refractivity contribution in [3.8, 4) is 12.1 Å². The Kier molecular flexibility index (Phi) is 103. The van der Waals surface area contributed by atoms with Crippen LogP contribution >= 0.6 is 0 Å². The molecule has 3 heteroatoms. The summed E-state index contributed by atoms with van der Waals surface area (Å²) in [6.45, 7) is 2.86. The van der Waals surface area contributed by atoms with Gasteiger partial charge in [0, 0.05) is 13.8 Å². The minimum Gasteiger partial charge on any atom is -0.199 e. The van der Waals surface area contributed by atoms with Crippen molar-refractivity contribution in [2.24, 2.45) is 0 Å². The predicted octanol–water partition coefficient (Wildman–Crippen LogP) is 1.06. The van der Waals surface area contributed by atoms with E-state index in [-0.39, 0.29) is 20.4 Å². The molecule has 0 aliphatic carbocycles. The monoisotopic (exact) mass is 188 g/mol. The van der Waals surface area contributed by atoms with Gasteiger partial charge in [0.05, 0.1) is 12.1 Å². The van der Waals surface area contributed by atoms with Crippen LogP contribution in [0.4, 0.5) is 0 Å². The number of nitriles is 2. The van der Waals surface area contributed by atoms with E-state index in [9.17, 15) is 0 Å². The average molecular weight is 189 g/mol. The van der Waals surface area contributed by atoms with Gasteiger partial charge < -0.3 is 0 Å². The fourth-order valence-corrected chi connectivity index (χ4v) is 0. The van der Waals surface area contributed by atoms with Crippen LogP contribution in [0.5, 0.6) is 0 Å². The molecule has 0 aliphatic rings. The Morgan fingerprint density at radius 1 is 1.00 bits per heavy atom. The minimum atomic E-state index is 0. The quantitative estimate of drug-likeness (QED) is 0.534. The smallest absolute Gasteiger partial charge is 0.199 e. The molecule has 0 spiro atoms. The molecule has 0 atom stereocenters. The summed E-state index contributed by atoms with van der Waals surface area (Å²) >= 11 is 0. The van der Waals surface area contributed by atoms with Gasteiger partial charge in [-0.3, -0.25) is 0 Å². The van der Waals surface area contributed by atoms with Gasteiger partial charge in [-0.25, -0.2) is 0 Å². The third kappa shape index (κ3) is 585. The van der Waals surface area contributed by atoms with Crippen LogP contribution in [-0.4, -0.2) is 0 Å². The first-order valence-electron chi connectivity index (χ1n) is 1.45. The number of hydrogen-bond donors (Lipinski definition) is 0. The van der Waals surface area contributed by atoms with Crippen molar-refractivity contribution in [3.05, 3.63) is 0 Å². The largest absolute Gasteiger partial charge is 2.00 e. The minimum absolute atomic E-state index is 0. The van der Waals surface area contributed by atoms with Crippen molar-refractivity contribution in [2.45, 2.75) is 13.8 Å². The number of rotatable bonds is 0. The van der Waals surface area contributed by atoms with Gasteiger partial charge in [-0.2, -0.15) is 10.5 Å². The Hall–Kier alpha value is -0.358. The molecular formula is C4H6N2Pd+2. The molecule has 0 saturated carbocycles. The third-order valence-electron chi connectivity index (χ3n) is 0. The van der Waals surface area contributed by atoms with Crippen LogP contribution in [0.1, 0.15) is 13.8 Å². The number of hydrogen-bond acceptors (Lipinski definition) is 2. The summed E-state index contributed by atoms with van der Waals surface area (Å²) in [4.78, 5) is 0. The van der Waals surface area contributed by atoms with Gasteiger partial charge in [0.25, 0.3) is 0 Å². The van der Waals surface area contributed by atoms with Crippen molar-refractivity contribution in [3.63, 3.8) is 0 Å². The second-order valence-electron chi connectivity index (χ2n) is 0.447. The van der Waals surface area contributed by atoms with Gasteiger partial charge in [-0.15, -0.1) is 0 Å². The summed E-state index contributed by atoms with van der Waals surface area (Å²) in [5.74, 6) is 0. The van der Waals surface area contributed by atoms with Crippen LogP contribution in [-0.2, 0) is 20.4 Å². The molecule has 7 heavy (non-hydrogen) atoms. The first kappa shape index (κ1) is 15.9. The Balaban J connectivity index is -0.0000000400. The normalized spacial score (nSPS) is 2.29. The van der Waals surface area contributed by atoms with Crippen LogP contribution in [0.25, 0.3) is 0 Å². The molecule has 0 unspecified atom stereocenters. The molecule has 0 N–H and O–H groups in total. The third-order valence-corrected chi connectivity index (χ3v) is 0. The molecule has 0 heterocycles. The molecule has 0 fully saturated rings. The molecule has 0 aromatic rings. The van der Waals surface area contributed by atoms with Gasteiger partial charge >= 0.3 is 20.4 Å². The molecule has 40 valence electrons. The molecule has 0 bridgehead atoms. The van der Waals surface area contributed by atoms with E-state index >= 15 is 0 Å². The van der Waals surface area contributed by atoms with Gasteiger partial charge in [-0.05, 0) is 0 Å². The zero-order valence-electron chi connectivity index (χ0n) is 4.21. The molecule has 0 radical (unpaired) electrons. The van der Waals surface area contributed by atoms with Gasteiger partial charge in [0.2, 0.25) is 0 Å². The Labute approximate surface area is 57.4 Å². The summed E-state index contributed by atoms with van der Waals surface area (Å²) in [7, 11) is 0. The van der Waals surface area contributed by atoms with Gasteiger partial charge in [-0.1, -0.05) is 0 Å². The van der Waals surface area contributed by atoms with Crippen LogP contribution in [0, 0.1) is 22.7 Å². The standard InChI is InChI=1S/2C2H3N.Pd/c2*1-2-3;/h2*1H3;/q;;+2. The summed E-state index contributed by atoms with van der Waals surface area (Å²) in [5, 5.41) is 14.6. The van der Waals surface area contributed by atoms with Crippen molar-refractivity contribution in [1.29, 1.82) is 10.5 Å². The van der Waals surface area contributed by atoms with E-state index in [1.807, 2.05) is 0 Å². The van der Waals surface area contributed by atoms with E-state index in [1.54, 1.807) is 12.1 Å². The molecule has 0 aliphatic heterocycles. The van der Waals surface area contributed by atoms with Gasteiger partial charge in [0.15, 0.2) is 0 Å². The molecule has 0 amide bonds.